The molecule has 0 unspecified atom stereocenters. The van der Waals surface area contributed by atoms with Crippen molar-refractivity contribution in [3.63, 3.8) is 0 Å². The molecule has 0 aromatic heterocycles. The van der Waals surface area contributed by atoms with E-state index in [1.807, 2.05) is 52.0 Å². The van der Waals surface area contributed by atoms with Crippen molar-refractivity contribution in [2.24, 2.45) is 0 Å². The van der Waals surface area contributed by atoms with Crippen molar-refractivity contribution >= 4 is 35.0 Å². The number of nitrogens with one attached hydrogen (secondary N) is 1. The second kappa shape index (κ2) is 9.64. The molecule has 2 aromatic carbocycles. The molecule has 0 spiro atoms. The highest BCUT2D eigenvalue weighted by Gasteiger charge is 2.28. The summed E-state index contributed by atoms with van der Waals surface area (Å²) in [5.74, 6) is -0.340. The first-order chi connectivity index (χ1) is 13.5. The fourth-order valence-electron chi connectivity index (χ4n) is 2.87. The average molecular weight is 435 g/mol. The molecule has 1 N–H and O–H groups in total. The molecule has 29 heavy (non-hydrogen) atoms. The standard InChI is InChI=1S/C23H28Cl2N2O2/c1-15-6-8-17(9-7-15)14-27(16(2)22(29)26-23(3,4)5)21(28)13-18-10-11-19(24)20(25)12-18/h6-12,16H,13-14H2,1-5H3,(H,26,29)/t16-/m0/s1. The van der Waals surface area contributed by atoms with Crippen LogP contribution in [0.25, 0.3) is 0 Å². The third-order valence-corrected chi connectivity index (χ3v) is 5.22. The zero-order valence-electron chi connectivity index (χ0n) is 17.6. The maximum atomic E-state index is 13.2. The van der Waals surface area contributed by atoms with Crippen LogP contribution < -0.4 is 5.32 Å². The van der Waals surface area contributed by atoms with E-state index >= 15 is 0 Å². The van der Waals surface area contributed by atoms with Crippen molar-refractivity contribution < 1.29 is 9.59 Å². The minimum absolute atomic E-state index is 0.135. The zero-order chi connectivity index (χ0) is 21.8. The van der Waals surface area contributed by atoms with Gasteiger partial charge in [-0.05, 0) is 57.9 Å². The minimum atomic E-state index is -0.620. The molecule has 0 heterocycles. The number of hydrogen-bond donors (Lipinski definition) is 1. The second-order valence-electron chi connectivity index (χ2n) is 8.35. The molecular weight excluding hydrogens is 407 g/mol. The van der Waals surface area contributed by atoms with Gasteiger partial charge in [-0.15, -0.1) is 0 Å². The fraction of sp³-hybridized carbons (Fsp3) is 0.391. The number of carbonyl (C=O) groups is 2. The molecule has 0 aliphatic heterocycles. The quantitative estimate of drug-likeness (QED) is 0.680. The number of rotatable bonds is 6. The van der Waals surface area contributed by atoms with Crippen LogP contribution in [-0.2, 0) is 22.6 Å². The Morgan fingerprint density at radius 2 is 1.59 bits per heavy atom. The number of amides is 2. The Labute approximate surface area is 183 Å². The van der Waals surface area contributed by atoms with Crippen molar-refractivity contribution in [3.05, 3.63) is 69.2 Å². The monoisotopic (exact) mass is 434 g/mol. The Hall–Kier alpha value is -2.04. The second-order valence-corrected chi connectivity index (χ2v) is 9.16. The Morgan fingerprint density at radius 3 is 2.14 bits per heavy atom. The molecule has 156 valence electrons. The molecule has 0 bridgehead atoms. The Balaban J connectivity index is 2.26. The van der Waals surface area contributed by atoms with Gasteiger partial charge in [0, 0.05) is 12.1 Å². The lowest BCUT2D eigenvalue weighted by Gasteiger charge is -2.31. The molecule has 2 aromatic rings. The summed E-state index contributed by atoms with van der Waals surface area (Å²) in [6.45, 7) is 9.86. The van der Waals surface area contributed by atoms with E-state index in [9.17, 15) is 9.59 Å². The number of benzene rings is 2. The lowest BCUT2D eigenvalue weighted by molar-refractivity contribution is -0.140. The van der Waals surface area contributed by atoms with Gasteiger partial charge >= 0.3 is 0 Å². The smallest absolute Gasteiger partial charge is 0.242 e. The van der Waals surface area contributed by atoms with Crippen LogP contribution in [0.5, 0.6) is 0 Å². The summed E-state index contributed by atoms with van der Waals surface area (Å²) in [6, 6.07) is 12.5. The number of halogens is 2. The number of carbonyl (C=O) groups excluding carboxylic acids is 2. The minimum Gasteiger partial charge on any atom is -0.350 e. The SMILES string of the molecule is Cc1ccc(CN(C(=O)Cc2ccc(Cl)c(Cl)c2)[C@@H](C)C(=O)NC(C)(C)C)cc1. The highest BCUT2D eigenvalue weighted by Crippen LogP contribution is 2.23. The van der Waals surface area contributed by atoms with E-state index in [-0.39, 0.29) is 23.8 Å². The van der Waals surface area contributed by atoms with Gasteiger partial charge in [-0.25, -0.2) is 0 Å². The molecule has 6 heteroatoms. The summed E-state index contributed by atoms with van der Waals surface area (Å²) in [5.41, 5.74) is 2.48. The summed E-state index contributed by atoms with van der Waals surface area (Å²) in [5, 5.41) is 3.80. The van der Waals surface area contributed by atoms with Gasteiger partial charge in [0.1, 0.15) is 6.04 Å². The van der Waals surface area contributed by atoms with Crippen LogP contribution >= 0.6 is 23.2 Å². The van der Waals surface area contributed by atoms with Crippen LogP contribution in [0.1, 0.15) is 44.4 Å². The largest absolute Gasteiger partial charge is 0.350 e. The van der Waals surface area contributed by atoms with Gasteiger partial charge < -0.3 is 10.2 Å². The zero-order valence-corrected chi connectivity index (χ0v) is 19.1. The predicted molar refractivity (Wildman–Crippen MR) is 119 cm³/mol. The molecule has 0 radical (unpaired) electrons. The van der Waals surface area contributed by atoms with Gasteiger partial charge in [-0.3, -0.25) is 9.59 Å². The Bertz CT molecular complexity index is 873. The van der Waals surface area contributed by atoms with E-state index in [2.05, 4.69) is 5.32 Å². The van der Waals surface area contributed by atoms with Crippen LogP contribution in [-0.4, -0.2) is 28.3 Å². The van der Waals surface area contributed by atoms with Crippen molar-refractivity contribution in [2.75, 3.05) is 0 Å². The lowest BCUT2D eigenvalue weighted by atomic mass is 10.1. The van der Waals surface area contributed by atoms with Crippen LogP contribution in [0.2, 0.25) is 10.0 Å². The first-order valence-electron chi connectivity index (χ1n) is 9.57. The van der Waals surface area contributed by atoms with E-state index in [0.717, 1.165) is 16.7 Å². The molecule has 4 nitrogen and oxygen atoms in total. The maximum absolute atomic E-state index is 13.2. The van der Waals surface area contributed by atoms with Gasteiger partial charge in [0.15, 0.2) is 0 Å². The van der Waals surface area contributed by atoms with Crippen molar-refractivity contribution in [1.29, 1.82) is 0 Å². The molecular formula is C23H28Cl2N2O2. The third-order valence-electron chi connectivity index (χ3n) is 4.48. The normalized spacial score (nSPS) is 12.4. The molecule has 0 aliphatic rings. The van der Waals surface area contributed by atoms with Crippen molar-refractivity contribution in [1.82, 2.24) is 10.2 Å². The highest BCUT2D eigenvalue weighted by molar-refractivity contribution is 6.42. The van der Waals surface area contributed by atoms with Gasteiger partial charge in [0.2, 0.25) is 11.8 Å². The fourth-order valence-corrected chi connectivity index (χ4v) is 3.19. The number of aryl methyl sites for hydroxylation is 1. The van der Waals surface area contributed by atoms with Crippen LogP contribution in [0, 0.1) is 6.92 Å². The van der Waals surface area contributed by atoms with Gasteiger partial charge in [-0.2, -0.15) is 0 Å². The van der Waals surface area contributed by atoms with Crippen LogP contribution in [0.4, 0.5) is 0 Å². The predicted octanol–water partition coefficient (Wildman–Crippen LogP) is 5.18. The first kappa shape index (κ1) is 23.2. The summed E-state index contributed by atoms with van der Waals surface area (Å²) in [4.78, 5) is 27.5. The summed E-state index contributed by atoms with van der Waals surface area (Å²) in [7, 11) is 0. The van der Waals surface area contributed by atoms with Crippen molar-refractivity contribution in [3.8, 4) is 0 Å². The molecule has 0 saturated heterocycles. The van der Waals surface area contributed by atoms with E-state index < -0.39 is 6.04 Å². The molecule has 0 fully saturated rings. The Morgan fingerprint density at radius 1 is 1.00 bits per heavy atom. The molecule has 0 saturated carbocycles. The van der Waals surface area contributed by atoms with Crippen LogP contribution in [0.15, 0.2) is 42.5 Å². The highest BCUT2D eigenvalue weighted by atomic mass is 35.5. The van der Waals surface area contributed by atoms with Crippen molar-refractivity contribution in [2.45, 2.75) is 59.2 Å². The number of nitrogens with zero attached hydrogens (tertiary/aromatic N) is 1. The molecule has 2 amide bonds. The van der Waals surface area contributed by atoms with Gasteiger partial charge in [0.05, 0.1) is 16.5 Å². The first-order valence-corrected chi connectivity index (χ1v) is 10.3. The third kappa shape index (κ3) is 7.06. The molecule has 1 atom stereocenters. The number of hydrogen-bond acceptors (Lipinski definition) is 2. The van der Waals surface area contributed by atoms with E-state index in [1.54, 1.807) is 30.0 Å². The van der Waals surface area contributed by atoms with Gasteiger partial charge in [-0.1, -0.05) is 59.1 Å². The topological polar surface area (TPSA) is 49.4 Å². The Kier molecular flexibility index (Phi) is 7.73. The van der Waals surface area contributed by atoms with Crippen LogP contribution in [0.3, 0.4) is 0 Å². The molecule has 0 aliphatic carbocycles. The maximum Gasteiger partial charge on any atom is 0.242 e. The molecule has 2 rings (SSSR count). The van der Waals surface area contributed by atoms with Gasteiger partial charge in [0.25, 0.3) is 0 Å². The van der Waals surface area contributed by atoms with E-state index in [1.165, 1.54) is 0 Å². The summed E-state index contributed by atoms with van der Waals surface area (Å²) in [6.07, 6.45) is 0.135. The summed E-state index contributed by atoms with van der Waals surface area (Å²) >= 11 is 12.1. The lowest BCUT2D eigenvalue weighted by Crippen LogP contribution is -2.52. The average Bonchev–Trinajstić information content (AvgIpc) is 2.62. The van der Waals surface area contributed by atoms with E-state index in [0.29, 0.717) is 16.6 Å². The van der Waals surface area contributed by atoms with E-state index in [4.69, 9.17) is 23.2 Å². The summed E-state index contributed by atoms with van der Waals surface area (Å²) < 4.78 is 0.